The van der Waals surface area contributed by atoms with Crippen molar-refractivity contribution in [3.8, 4) is 11.5 Å². The molecule has 0 aliphatic heterocycles. The van der Waals surface area contributed by atoms with Gasteiger partial charge < -0.3 is 10.1 Å². The van der Waals surface area contributed by atoms with Crippen LogP contribution in [0.5, 0.6) is 11.5 Å². The van der Waals surface area contributed by atoms with E-state index >= 15 is 0 Å². The Hall–Kier alpha value is -2.05. The van der Waals surface area contributed by atoms with E-state index in [1.54, 1.807) is 36.4 Å². The summed E-state index contributed by atoms with van der Waals surface area (Å²) in [6, 6.07) is 13.7. The number of hydrogen-bond donors (Lipinski definition) is 1. The maximum atomic E-state index is 11.9. The highest BCUT2D eigenvalue weighted by molar-refractivity contribution is 7.92. The normalized spacial score (nSPS) is 11.2. The van der Waals surface area contributed by atoms with Crippen molar-refractivity contribution in [2.45, 2.75) is 26.2 Å². The molecule has 0 aliphatic carbocycles. The van der Waals surface area contributed by atoms with Crippen LogP contribution in [0.4, 0.5) is 5.69 Å². The van der Waals surface area contributed by atoms with E-state index in [1.807, 2.05) is 19.1 Å². The van der Waals surface area contributed by atoms with Gasteiger partial charge in [-0.2, -0.15) is 0 Å². The van der Waals surface area contributed by atoms with E-state index in [1.165, 1.54) is 0 Å². The topological polar surface area (TPSA) is 72.5 Å². The quantitative estimate of drug-likeness (QED) is 0.626. The van der Waals surface area contributed by atoms with E-state index in [4.69, 9.17) is 16.3 Å². The Bertz CT molecular complexity index is 835. The van der Waals surface area contributed by atoms with E-state index in [2.05, 4.69) is 5.32 Å². The van der Waals surface area contributed by atoms with Gasteiger partial charge in [0, 0.05) is 5.69 Å². The molecule has 7 heteroatoms. The molecule has 2 aromatic carbocycles. The fraction of sp³-hybridized carbons (Fsp3) is 0.316. The first-order chi connectivity index (χ1) is 12.4. The second kappa shape index (κ2) is 9.59. The molecular weight excluding hydrogens is 374 g/mol. The van der Waals surface area contributed by atoms with Crippen molar-refractivity contribution in [2.24, 2.45) is 0 Å². The van der Waals surface area contributed by atoms with Crippen LogP contribution >= 0.6 is 11.6 Å². The molecular formula is C19H22ClNO4S. The number of benzene rings is 2. The lowest BCUT2D eigenvalue weighted by molar-refractivity contribution is -0.113. The predicted molar refractivity (Wildman–Crippen MR) is 105 cm³/mol. The van der Waals surface area contributed by atoms with Crippen LogP contribution in [-0.2, 0) is 14.6 Å². The zero-order valence-electron chi connectivity index (χ0n) is 14.6. The summed E-state index contributed by atoms with van der Waals surface area (Å²) in [6.45, 7) is 2.00. The van der Waals surface area contributed by atoms with Gasteiger partial charge in [0.05, 0.1) is 10.8 Å². The minimum absolute atomic E-state index is 0.0405. The lowest BCUT2D eigenvalue weighted by Gasteiger charge is -2.09. The number of anilines is 1. The summed E-state index contributed by atoms with van der Waals surface area (Å²) in [5.41, 5.74) is 0.505. The van der Waals surface area contributed by atoms with Gasteiger partial charge in [0.15, 0.2) is 9.84 Å². The second-order valence-corrected chi connectivity index (χ2v) is 8.50. The average molecular weight is 396 g/mol. The zero-order valence-corrected chi connectivity index (χ0v) is 16.1. The number of amides is 1. The maximum Gasteiger partial charge on any atom is 0.239 e. The van der Waals surface area contributed by atoms with Crippen LogP contribution in [0, 0.1) is 0 Å². The minimum Gasteiger partial charge on any atom is -0.456 e. The van der Waals surface area contributed by atoms with E-state index < -0.39 is 21.5 Å². The largest absolute Gasteiger partial charge is 0.456 e. The Balaban J connectivity index is 1.90. The van der Waals surface area contributed by atoms with E-state index in [9.17, 15) is 13.2 Å². The molecule has 2 aromatic rings. The van der Waals surface area contributed by atoms with E-state index in [0.29, 0.717) is 28.6 Å². The van der Waals surface area contributed by atoms with E-state index in [0.717, 1.165) is 12.8 Å². The lowest BCUT2D eigenvalue weighted by Crippen LogP contribution is -2.24. The maximum absolute atomic E-state index is 11.9. The number of carbonyl (C=O) groups is 1. The van der Waals surface area contributed by atoms with Crippen LogP contribution in [0.1, 0.15) is 26.2 Å². The van der Waals surface area contributed by atoms with Crippen molar-refractivity contribution in [3.63, 3.8) is 0 Å². The second-order valence-electron chi connectivity index (χ2n) is 5.90. The number of para-hydroxylation sites is 1. The van der Waals surface area contributed by atoms with Crippen molar-refractivity contribution in [1.29, 1.82) is 0 Å². The standard InChI is InChI=1S/C19H22ClNO4S/c1-2-3-6-13-26(23,24)14-19(22)21-15-9-11-16(12-10-15)25-18-8-5-4-7-17(18)20/h4-5,7-12H,2-3,6,13-14H2,1H3,(H,21,22). The third kappa shape index (κ3) is 6.69. The van der Waals surface area contributed by atoms with E-state index in [-0.39, 0.29) is 5.75 Å². The molecule has 0 atom stereocenters. The number of halogens is 1. The average Bonchev–Trinajstić information content (AvgIpc) is 2.58. The van der Waals surface area contributed by atoms with Crippen molar-refractivity contribution < 1.29 is 17.9 Å². The fourth-order valence-electron chi connectivity index (χ4n) is 2.30. The zero-order chi connectivity index (χ0) is 19.0. The van der Waals surface area contributed by atoms with Gasteiger partial charge in [0.2, 0.25) is 5.91 Å². The number of nitrogens with one attached hydrogen (secondary N) is 1. The Morgan fingerprint density at radius 3 is 2.42 bits per heavy atom. The SMILES string of the molecule is CCCCCS(=O)(=O)CC(=O)Nc1ccc(Oc2ccccc2Cl)cc1. The van der Waals surface area contributed by atoms with Crippen molar-refractivity contribution >= 4 is 33.0 Å². The van der Waals surface area contributed by atoms with Crippen LogP contribution in [0.15, 0.2) is 48.5 Å². The first kappa shape index (κ1) is 20.3. The van der Waals surface area contributed by atoms with Crippen LogP contribution in [-0.4, -0.2) is 25.8 Å². The molecule has 0 aliphatic rings. The van der Waals surface area contributed by atoms with Crippen LogP contribution in [0.2, 0.25) is 5.02 Å². The monoisotopic (exact) mass is 395 g/mol. The van der Waals surface area contributed by atoms with Gasteiger partial charge >= 0.3 is 0 Å². The predicted octanol–water partition coefficient (Wildman–Crippen LogP) is 4.68. The highest BCUT2D eigenvalue weighted by Gasteiger charge is 2.16. The molecule has 0 heterocycles. The Morgan fingerprint density at radius 2 is 1.77 bits per heavy atom. The molecule has 0 bridgehead atoms. The molecule has 140 valence electrons. The Labute approximate surface area is 159 Å². The summed E-state index contributed by atoms with van der Waals surface area (Å²) < 4.78 is 29.5. The minimum atomic E-state index is -3.38. The molecule has 26 heavy (non-hydrogen) atoms. The van der Waals surface area contributed by atoms with Crippen LogP contribution in [0.3, 0.4) is 0 Å². The van der Waals surface area contributed by atoms with Gasteiger partial charge in [-0.3, -0.25) is 4.79 Å². The molecule has 0 saturated heterocycles. The Kier molecular flexibility index (Phi) is 7.48. The molecule has 0 spiro atoms. The number of sulfone groups is 1. The molecule has 0 aromatic heterocycles. The van der Waals surface area contributed by atoms with Crippen molar-refractivity contribution in [1.82, 2.24) is 0 Å². The molecule has 0 fully saturated rings. The number of rotatable bonds is 9. The first-order valence-corrected chi connectivity index (χ1v) is 10.6. The summed E-state index contributed by atoms with van der Waals surface area (Å²) in [5, 5.41) is 3.09. The van der Waals surface area contributed by atoms with Crippen LogP contribution < -0.4 is 10.1 Å². The third-order valence-corrected chi connectivity index (χ3v) is 5.54. The molecule has 1 amide bonds. The third-order valence-electron chi connectivity index (χ3n) is 3.61. The van der Waals surface area contributed by atoms with Gasteiger partial charge in [0.25, 0.3) is 0 Å². The van der Waals surface area contributed by atoms with Gasteiger partial charge in [-0.05, 0) is 42.8 Å². The molecule has 0 saturated carbocycles. The summed E-state index contributed by atoms with van der Waals surface area (Å²) in [7, 11) is -3.38. The molecule has 1 N–H and O–H groups in total. The number of carbonyl (C=O) groups excluding carboxylic acids is 1. The van der Waals surface area contributed by atoms with Gasteiger partial charge in [-0.25, -0.2) is 8.42 Å². The first-order valence-electron chi connectivity index (χ1n) is 8.42. The Morgan fingerprint density at radius 1 is 1.08 bits per heavy atom. The van der Waals surface area contributed by atoms with Crippen molar-refractivity contribution in [2.75, 3.05) is 16.8 Å². The molecule has 2 rings (SSSR count). The molecule has 0 radical (unpaired) electrons. The van der Waals surface area contributed by atoms with Crippen molar-refractivity contribution in [3.05, 3.63) is 53.6 Å². The fourth-order valence-corrected chi connectivity index (χ4v) is 3.74. The number of ether oxygens (including phenoxy) is 1. The number of unbranched alkanes of at least 4 members (excludes halogenated alkanes) is 2. The highest BCUT2D eigenvalue weighted by atomic mass is 35.5. The van der Waals surface area contributed by atoms with Gasteiger partial charge in [-0.1, -0.05) is 43.5 Å². The molecule has 5 nitrogen and oxygen atoms in total. The summed E-state index contributed by atoms with van der Waals surface area (Å²) >= 11 is 6.04. The summed E-state index contributed by atoms with van der Waals surface area (Å²) in [4.78, 5) is 11.9. The number of hydrogen-bond acceptors (Lipinski definition) is 4. The summed E-state index contributed by atoms with van der Waals surface area (Å²) in [5.74, 6) is 0.0849. The van der Waals surface area contributed by atoms with Crippen LogP contribution in [0.25, 0.3) is 0 Å². The lowest BCUT2D eigenvalue weighted by atomic mass is 10.3. The summed E-state index contributed by atoms with van der Waals surface area (Å²) in [6.07, 6.45) is 2.36. The van der Waals surface area contributed by atoms with Gasteiger partial charge in [0.1, 0.15) is 17.3 Å². The smallest absolute Gasteiger partial charge is 0.239 e. The molecule has 0 unspecified atom stereocenters. The van der Waals surface area contributed by atoms with Gasteiger partial charge in [-0.15, -0.1) is 0 Å². The highest BCUT2D eigenvalue weighted by Crippen LogP contribution is 2.29.